The molecular weight excluding hydrogens is 346 g/mol. The average Bonchev–Trinajstić information content (AvgIpc) is 3.36. The summed E-state index contributed by atoms with van der Waals surface area (Å²) in [7, 11) is -2.27. The van der Waals surface area contributed by atoms with E-state index in [1.54, 1.807) is 30.3 Å². The fourth-order valence-electron chi connectivity index (χ4n) is 3.06. The maximum Gasteiger partial charge on any atom is 0.331 e. The standard InChI is InChI=1S/C16H21N3O5S/c1-18(12-7-8-12)25(23,24)17-13-9-10-19(15(13)20)14(16(21)22)11-5-3-2-4-6-11/h2-6,12-14,17H,7-10H2,1H3,(H,21,22). The monoisotopic (exact) mass is 367 g/mol. The molecule has 1 saturated carbocycles. The second-order valence-electron chi connectivity index (χ2n) is 6.39. The predicted molar refractivity (Wildman–Crippen MR) is 89.8 cm³/mol. The summed E-state index contributed by atoms with van der Waals surface area (Å²) in [4.78, 5) is 25.5. The minimum atomic E-state index is -3.76. The minimum absolute atomic E-state index is 0.0128. The Morgan fingerprint density at radius 2 is 1.92 bits per heavy atom. The molecule has 8 nitrogen and oxygen atoms in total. The summed E-state index contributed by atoms with van der Waals surface area (Å²) in [6.45, 7) is 0.186. The van der Waals surface area contributed by atoms with Gasteiger partial charge in [-0.25, -0.2) is 4.79 Å². The third-order valence-electron chi connectivity index (χ3n) is 4.63. The van der Waals surface area contributed by atoms with Crippen LogP contribution in [0.3, 0.4) is 0 Å². The van der Waals surface area contributed by atoms with Crippen molar-refractivity contribution in [3.8, 4) is 0 Å². The number of carbonyl (C=O) groups excluding carboxylic acids is 1. The first-order valence-electron chi connectivity index (χ1n) is 8.15. The number of hydrogen-bond donors (Lipinski definition) is 2. The van der Waals surface area contributed by atoms with Crippen LogP contribution < -0.4 is 4.72 Å². The van der Waals surface area contributed by atoms with Gasteiger partial charge in [0.15, 0.2) is 6.04 Å². The number of aliphatic carboxylic acids is 1. The Labute approximate surface area is 146 Å². The third-order valence-corrected chi connectivity index (χ3v) is 6.27. The number of carboxylic acid groups (broad SMARTS) is 1. The maximum atomic E-state index is 12.6. The Hall–Kier alpha value is -1.97. The smallest absolute Gasteiger partial charge is 0.331 e. The van der Waals surface area contributed by atoms with Crippen LogP contribution in [-0.4, -0.2) is 60.3 Å². The van der Waals surface area contributed by atoms with Crippen LogP contribution in [-0.2, 0) is 19.8 Å². The van der Waals surface area contributed by atoms with E-state index < -0.39 is 34.2 Å². The van der Waals surface area contributed by atoms with Gasteiger partial charge in [-0.2, -0.15) is 17.4 Å². The fraction of sp³-hybridized carbons (Fsp3) is 0.500. The number of carboxylic acids is 1. The van der Waals surface area contributed by atoms with Crippen LogP contribution in [0.4, 0.5) is 0 Å². The van der Waals surface area contributed by atoms with Gasteiger partial charge in [0, 0.05) is 19.6 Å². The van der Waals surface area contributed by atoms with Gasteiger partial charge < -0.3 is 10.0 Å². The molecule has 9 heteroatoms. The molecule has 1 aromatic carbocycles. The molecular formula is C16H21N3O5S. The van der Waals surface area contributed by atoms with Crippen molar-refractivity contribution in [2.45, 2.75) is 37.4 Å². The summed E-state index contributed by atoms with van der Waals surface area (Å²) in [5, 5.41) is 9.55. The lowest BCUT2D eigenvalue weighted by molar-refractivity contribution is -0.149. The van der Waals surface area contributed by atoms with Crippen LogP contribution in [0.1, 0.15) is 30.9 Å². The van der Waals surface area contributed by atoms with E-state index in [1.807, 2.05) is 0 Å². The van der Waals surface area contributed by atoms with E-state index in [-0.39, 0.29) is 19.0 Å². The van der Waals surface area contributed by atoms with E-state index in [0.717, 1.165) is 12.8 Å². The minimum Gasteiger partial charge on any atom is -0.479 e. The zero-order chi connectivity index (χ0) is 18.2. The van der Waals surface area contributed by atoms with E-state index in [0.29, 0.717) is 5.56 Å². The van der Waals surface area contributed by atoms with Crippen LogP contribution in [0.15, 0.2) is 30.3 Å². The van der Waals surface area contributed by atoms with Gasteiger partial charge in [-0.3, -0.25) is 4.79 Å². The topological polar surface area (TPSA) is 107 Å². The molecule has 136 valence electrons. The molecule has 1 aliphatic carbocycles. The van der Waals surface area contributed by atoms with E-state index in [1.165, 1.54) is 16.3 Å². The van der Waals surface area contributed by atoms with Crippen molar-refractivity contribution in [1.82, 2.24) is 13.9 Å². The summed E-state index contributed by atoms with van der Waals surface area (Å²) in [5.41, 5.74) is 0.488. The highest BCUT2D eigenvalue weighted by atomic mass is 32.2. The summed E-state index contributed by atoms with van der Waals surface area (Å²) in [6, 6.07) is 6.39. The van der Waals surface area contributed by atoms with Gasteiger partial charge in [-0.1, -0.05) is 30.3 Å². The van der Waals surface area contributed by atoms with Crippen molar-refractivity contribution in [2.24, 2.45) is 0 Å². The van der Waals surface area contributed by atoms with Crippen LogP contribution in [0.5, 0.6) is 0 Å². The largest absolute Gasteiger partial charge is 0.479 e. The molecule has 25 heavy (non-hydrogen) atoms. The van der Waals surface area contributed by atoms with E-state index in [4.69, 9.17) is 0 Å². The summed E-state index contributed by atoms with van der Waals surface area (Å²) < 4.78 is 28.3. The third kappa shape index (κ3) is 3.68. The zero-order valence-electron chi connectivity index (χ0n) is 13.8. The van der Waals surface area contributed by atoms with Crippen LogP contribution >= 0.6 is 0 Å². The molecule has 2 unspecified atom stereocenters. The number of amides is 1. The van der Waals surface area contributed by atoms with Gasteiger partial charge in [0.25, 0.3) is 10.2 Å². The Bertz CT molecular complexity index is 763. The Balaban J connectivity index is 1.75. The van der Waals surface area contributed by atoms with Crippen molar-refractivity contribution in [3.63, 3.8) is 0 Å². The zero-order valence-corrected chi connectivity index (χ0v) is 14.6. The highest BCUT2D eigenvalue weighted by molar-refractivity contribution is 7.87. The highest BCUT2D eigenvalue weighted by Gasteiger charge is 2.43. The van der Waals surface area contributed by atoms with Crippen LogP contribution in [0.25, 0.3) is 0 Å². The Kier molecular flexibility index (Phi) is 4.81. The van der Waals surface area contributed by atoms with Gasteiger partial charge in [-0.05, 0) is 24.8 Å². The summed E-state index contributed by atoms with van der Waals surface area (Å²) in [6.07, 6.45) is 1.88. The van der Waals surface area contributed by atoms with Crippen LogP contribution in [0.2, 0.25) is 0 Å². The average molecular weight is 367 g/mol. The lowest BCUT2D eigenvalue weighted by atomic mass is 10.1. The predicted octanol–water partition coefficient (Wildman–Crippen LogP) is 0.342. The molecule has 2 aliphatic rings. The van der Waals surface area contributed by atoms with Crippen LogP contribution in [0, 0.1) is 0 Å². The number of hydrogen-bond acceptors (Lipinski definition) is 4. The second kappa shape index (κ2) is 6.74. The van der Waals surface area contributed by atoms with Gasteiger partial charge in [0.05, 0.1) is 0 Å². The van der Waals surface area contributed by atoms with Gasteiger partial charge >= 0.3 is 5.97 Å². The van der Waals surface area contributed by atoms with Gasteiger partial charge in [-0.15, -0.1) is 0 Å². The van der Waals surface area contributed by atoms with Crippen molar-refractivity contribution in [3.05, 3.63) is 35.9 Å². The van der Waals surface area contributed by atoms with Crippen molar-refractivity contribution in [2.75, 3.05) is 13.6 Å². The summed E-state index contributed by atoms with van der Waals surface area (Å²) >= 11 is 0. The van der Waals surface area contributed by atoms with E-state index in [9.17, 15) is 23.1 Å². The first-order chi connectivity index (χ1) is 11.8. The number of nitrogens with one attached hydrogen (secondary N) is 1. The molecule has 1 saturated heterocycles. The molecule has 2 fully saturated rings. The van der Waals surface area contributed by atoms with Crippen molar-refractivity contribution >= 4 is 22.1 Å². The maximum absolute atomic E-state index is 12.6. The molecule has 1 amide bonds. The molecule has 1 aromatic rings. The normalized spacial score (nSPS) is 22.4. The molecule has 1 heterocycles. The quantitative estimate of drug-likeness (QED) is 0.723. The Morgan fingerprint density at radius 1 is 1.28 bits per heavy atom. The van der Waals surface area contributed by atoms with E-state index >= 15 is 0 Å². The number of nitrogens with zero attached hydrogens (tertiary/aromatic N) is 2. The molecule has 2 atom stereocenters. The number of likely N-dealkylation sites (tertiary alicyclic amines) is 1. The van der Waals surface area contributed by atoms with Gasteiger partial charge in [0.2, 0.25) is 5.91 Å². The fourth-order valence-corrected chi connectivity index (χ4v) is 4.40. The van der Waals surface area contributed by atoms with Crippen molar-refractivity contribution in [1.29, 1.82) is 0 Å². The molecule has 0 aromatic heterocycles. The van der Waals surface area contributed by atoms with Crippen molar-refractivity contribution < 1.29 is 23.1 Å². The first-order valence-corrected chi connectivity index (χ1v) is 9.59. The molecule has 2 N–H and O–H groups in total. The van der Waals surface area contributed by atoms with Gasteiger partial charge in [0.1, 0.15) is 6.04 Å². The molecule has 0 radical (unpaired) electrons. The lowest BCUT2D eigenvalue weighted by Gasteiger charge is -2.25. The second-order valence-corrected chi connectivity index (χ2v) is 8.16. The highest BCUT2D eigenvalue weighted by Crippen LogP contribution is 2.29. The number of carbonyl (C=O) groups is 2. The SMILES string of the molecule is CN(C1CC1)S(=O)(=O)NC1CCN(C(C(=O)O)c2ccccc2)C1=O. The first kappa shape index (κ1) is 17.8. The molecule has 0 spiro atoms. The number of rotatable bonds is 7. The number of benzene rings is 1. The summed E-state index contributed by atoms with van der Waals surface area (Å²) in [5.74, 6) is -1.65. The molecule has 3 rings (SSSR count). The van der Waals surface area contributed by atoms with E-state index in [2.05, 4.69) is 4.72 Å². The lowest BCUT2D eigenvalue weighted by Crippen LogP contribution is -2.48. The molecule has 1 aliphatic heterocycles. The Morgan fingerprint density at radius 3 is 2.48 bits per heavy atom. The molecule has 0 bridgehead atoms.